The van der Waals surface area contributed by atoms with Crippen LogP contribution in [0.25, 0.3) is 10.9 Å². The molecule has 2 aromatic rings. The van der Waals surface area contributed by atoms with Crippen LogP contribution in [-0.2, 0) is 0 Å². The fourth-order valence-electron chi connectivity index (χ4n) is 1.44. The molecule has 0 saturated carbocycles. The number of carboxylic acids is 1. The quantitative estimate of drug-likeness (QED) is 0.821. The van der Waals surface area contributed by atoms with Gasteiger partial charge in [0.15, 0.2) is 0 Å². The van der Waals surface area contributed by atoms with Crippen LogP contribution < -0.4 is 0 Å². The third-order valence-corrected chi connectivity index (χ3v) is 3.10. The minimum absolute atomic E-state index is 0.223. The van der Waals surface area contributed by atoms with Gasteiger partial charge < -0.3 is 10.1 Å². The summed E-state index contributed by atoms with van der Waals surface area (Å²) in [6.07, 6.45) is 0. The third kappa shape index (κ3) is 1.32. The van der Waals surface area contributed by atoms with E-state index in [1.165, 1.54) is 0 Å². The van der Waals surface area contributed by atoms with Gasteiger partial charge in [-0.15, -0.1) is 0 Å². The van der Waals surface area contributed by atoms with Crippen LogP contribution in [0.2, 0.25) is 0 Å². The molecule has 0 spiro atoms. The maximum atomic E-state index is 10.7. The molecule has 0 radical (unpaired) electrons. The van der Waals surface area contributed by atoms with Crippen LogP contribution in [0.3, 0.4) is 0 Å². The molecule has 14 heavy (non-hydrogen) atoms. The molecule has 0 atom stereocenters. The number of hydrogen-bond donors (Lipinski definition) is 2. The fourth-order valence-corrected chi connectivity index (χ4v) is 1.78. The highest BCUT2D eigenvalue weighted by Gasteiger charge is 2.09. The number of fused-ring (bicyclic) bond motifs is 1. The van der Waals surface area contributed by atoms with Crippen molar-refractivity contribution in [1.29, 1.82) is 0 Å². The third-order valence-electron chi connectivity index (χ3n) is 2.24. The summed E-state index contributed by atoms with van der Waals surface area (Å²) in [6.45, 7) is 1.95. The summed E-state index contributed by atoms with van der Waals surface area (Å²) >= 11 is 3.40. The molecule has 4 heteroatoms. The van der Waals surface area contributed by atoms with E-state index in [-0.39, 0.29) is 5.69 Å². The Kier molecular flexibility index (Phi) is 2.07. The molecule has 2 N–H and O–H groups in total. The number of carboxylic acid groups (broad SMARTS) is 1. The lowest BCUT2D eigenvalue weighted by Gasteiger charge is -1.97. The number of halogens is 1. The maximum absolute atomic E-state index is 10.7. The number of rotatable bonds is 1. The van der Waals surface area contributed by atoms with Gasteiger partial charge in [0, 0.05) is 15.4 Å². The van der Waals surface area contributed by atoms with E-state index in [0.29, 0.717) is 0 Å². The zero-order chi connectivity index (χ0) is 10.3. The Morgan fingerprint density at radius 1 is 1.50 bits per heavy atom. The van der Waals surface area contributed by atoms with Crippen LogP contribution in [0.15, 0.2) is 22.7 Å². The van der Waals surface area contributed by atoms with E-state index in [1.807, 2.05) is 19.1 Å². The van der Waals surface area contributed by atoms with Crippen molar-refractivity contribution in [3.8, 4) is 0 Å². The summed E-state index contributed by atoms with van der Waals surface area (Å²) in [5.41, 5.74) is 2.12. The number of carbonyl (C=O) groups is 1. The van der Waals surface area contributed by atoms with E-state index in [2.05, 4.69) is 20.9 Å². The highest BCUT2D eigenvalue weighted by molar-refractivity contribution is 9.10. The van der Waals surface area contributed by atoms with Crippen molar-refractivity contribution in [1.82, 2.24) is 4.98 Å². The predicted octanol–water partition coefficient (Wildman–Crippen LogP) is 2.94. The summed E-state index contributed by atoms with van der Waals surface area (Å²) in [7, 11) is 0. The molecule has 0 fully saturated rings. The summed E-state index contributed by atoms with van der Waals surface area (Å²) in [6, 6.07) is 5.41. The Labute approximate surface area is 88.9 Å². The summed E-state index contributed by atoms with van der Waals surface area (Å²) in [4.78, 5) is 13.6. The van der Waals surface area contributed by atoms with Crippen molar-refractivity contribution in [2.24, 2.45) is 0 Å². The molecule has 0 aliphatic carbocycles. The molecule has 0 unspecified atom stereocenters. The molecule has 0 aliphatic rings. The van der Waals surface area contributed by atoms with Crippen molar-refractivity contribution in [2.45, 2.75) is 6.92 Å². The molecule has 3 nitrogen and oxygen atoms in total. The second kappa shape index (κ2) is 3.13. The zero-order valence-corrected chi connectivity index (χ0v) is 9.05. The van der Waals surface area contributed by atoms with E-state index in [9.17, 15) is 4.79 Å². The minimum atomic E-state index is -0.934. The molecule has 1 heterocycles. The van der Waals surface area contributed by atoms with Crippen LogP contribution in [0, 0.1) is 6.92 Å². The maximum Gasteiger partial charge on any atom is 0.352 e. The van der Waals surface area contributed by atoms with E-state index in [4.69, 9.17) is 5.11 Å². The van der Waals surface area contributed by atoms with E-state index in [1.54, 1.807) is 6.07 Å². The summed E-state index contributed by atoms with van der Waals surface area (Å²) in [5.74, 6) is -0.934. The number of aromatic nitrogens is 1. The van der Waals surface area contributed by atoms with E-state index >= 15 is 0 Å². The molecular formula is C10H8BrNO2. The lowest BCUT2D eigenvalue weighted by molar-refractivity contribution is 0.0691. The van der Waals surface area contributed by atoms with Gasteiger partial charge in [-0.2, -0.15) is 0 Å². The molecule has 0 saturated heterocycles. The summed E-state index contributed by atoms with van der Waals surface area (Å²) in [5, 5.41) is 9.74. The second-order valence-corrected chi connectivity index (χ2v) is 3.98. The number of nitrogens with one attached hydrogen (secondary N) is 1. The van der Waals surface area contributed by atoms with Crippen LogP contribution >= 0.6 is 15.9 Å². The monoisotopic (exact) mass is 253 g/mol. The van der Waals surface area contributed by atoms with Crippen LogP contribution in [-0.4, -0.2) is 16.1 Å². The van der Waals surface area contributed by atoms with Crippen molar-refractivity contribution in [2.75, 3.05) is 0 Å². The minimum Gasteiger partial charge on any atom is -0.477 e. The van der Waals surface area contributed by atoms with Crippen molar-refractivity contribution >= 4 is 32.8 Å². The van der Waals surface area contributed by atoms with Crippen molar-refractivity contribution in [3.05, 3.63) is 33.9 Å². The van der Waals surface area contributed by atoms with Gasteiger partial charge in [-0.25, -0.2) is 4.79 Å². The Morgan fingerprint density at radius 2 is 2.21 bits per heavy atom. The Bertz CT molecular complexity index is 516. The van der Waals surface area contributed by atoms with Crippen LogP contribution in [0.1, 0.15) is 16.1 Å². The van der Waals surface area contributed by atoms with E-state index < -0.39 is 5.97 Å². The molecule has 1 aromatic carbocycles. The standard InChI is InChI=1S/C10H8BrNO2/c1-5-6-4-9(10(13)14)12-8(6)3-2-7(5)11/h2-4,12H,1H3,(H,13,14). The van der Waals surface area contributed by atoms with Crippen molar-refractivity contribution < 1.29 is 9.90 Å². The number of aryl methyl sites for hydroxylation is 1. The van der Waals surface area contributed by atoms with Gasteiger partial charge in [0.2, 0.25) is 0 Å². The average molecular weight is 254 g/mol. The summed E-state index contributed by atoms with van der Waals surface area (Å²) < 4.78 is 0.987. The SMILES string of the molecule is Cc1c(Br)ccc2[nH]c(C(=O)O)cc12. The lowest BCUT2D eigenvalue weighted by Crippen LogP contribution is -1.94. The van der Waals surface area contributed by atoms with Crippen LogP contribution in [0.5, 0.6) is 0 Å². The van der Waals surface area contributed by atoms with Crippen molar-refractivity contribution in [3.63, 3.8) is 0 Å². The zero-order valence-electron chi connectivity index (χ0n) is 7.47. The Morgan fingerprint density at radius 3 is 2.86 bits per heavy atom. The van der Waals surface area contributed by atoms with Gasteiger partial charge in [-0.05, 0) is 30.7 Å². The van der Waals surface area contributed by atoms with Gasteiger partial charge in [0.05, 0.1) is 0 Å². The van der Waals surface area contributed by atoms with Gasteiger partial charge >= 0.3 is 5.97 Å². The van der Waals surface area contributed by atoms with Gasteiger partial charge in [-0.3, -0.25) is 0 Å². The first-order chi connectivity index (χ1) is 6.59. The fraction of sp³-hybridized carbons (Fsp3) is 0.100. The molecule has 1 aromatic heterocycles. The number of H-pyrrole nitrogens is 1. The van der Waals surface area contributed by atoms with Gasteiger partial charge in [-0.1, -0.05) is 15.9 Å². The highest BCUT2D eigenvalue weighted by Crippen LogP contribution is 2.26. The first-order valence-corrected chi connectivity index (χ1v) is 4.90. The Balaban J connectivity index is 2.77. The average Bonchev–Trinajstić information content (AvgIpc) is 2.56. The second-order valence-electron chi connectivity index (χ2n) is 3.12. The molecular weight excluding hydrogens is 246 g/mol. The van der Waals surface area contributed by atoms with Gasteiger partial charge in [0.25, 0.3) is 0 Å². The number of benzene rings is 1. The topological polar surface area (TPSA) is 53.1 Å². The number of aromatic amines is 1. The lowest BCUT2D eigenvalue weighted by atomic mass is 10.1. The molecule has 72 valence electrons. The Hall–Kier alpha value is -1.29. The van der Waals surface area contributed by atoms with Crippen LogP contribution in [0.4, 0.5) is 0 Å². The highest BCUT2D eigenvalue weighted by atomic mass is 79.9. The molecule has 2 rings (SSSR count). The first-order valence-electron chi connectivity index (χ1n) is 4.10. The predicted molar refractivity (Wildman–Crippen MR) is 57.7 cm³/mol. The molecule has 0 amide bonds. The normalized spacial score (nSPS) is 10.7. The number of aromatic carboxylic acids is 1. The molecule has 0 bridgehead atoms. The smallest absolute Gasteiger partial charge is 0.352 e. The number of hydrogen-bond acceptors (Lipinski definition) is 1. The first kappa shape index (κ1) is 9.27. The molecule has 0 aliphatic heterocycles. The van der Waals surface area contributed by atoms with Gasteiger partial charge in [0.1, 0.15) is 5.69 Å². The largest absolute Gasteiger partial charge is 0.477 e. The van der Waals surface area contributed by atoms with E-state index in [0.717, 1.165) is 20.9 Å².